The molecule has 0 radical (unpaired) electrons. The van der Waals surface area contributed by atoms with Crippen molar-refractivity contribution in [2.75, 3.05) is 13.2 Å². The van der Waals surface area contributed by atoms with Crippen LogP contribution < -0.4 is 0 Å². The Hall–Kier alpha value is -1.01. The zero-order chi connectivity index (χ0) is 20.0. The van der Waals surface area contributed by atoms with Crippen molar-refractivity contribution in [3.63, 3.8) is 0 Å². The van der Waals surface area contributed by atoms with Gasteiger partial charge in [0.05, 0.1) is 17.8 Å². The molecule has 4 aliphatic rings. The predicted octanol–water partition coefficient (Wildman–Crippen LogP) is 2.00. The van der Waals surface area contributed by atoms with Crippen molar-refractivity contribution in [3.05, 3.63) is 23.3 Å². The van der Waals surface area contributed by atoms with Crippen LogP contribution in [0.25, 0.3) is 0 Å². The Morgan fingerprint density at radius 1 is 1.26 bits per heavy atom. The van der Waals surface area contributed by atoms with Crippen molar-refractivity contribution in [3.8, 4) is 0 Å². The van der Waals surface area contributed by atoms with Gasteiger partial charge in [-0.2, -0.15) is 0 Å². The molecule has 0 saturated heterocycles. The van der Waals surface area contributed by atoms with Gasteiger partial charge >= 0.3 is 0 Å². The Labute approximate surface area is 161 Å². The third-order valence-corrected chi connectivity index (χ3v) is 8.28. The Kier molecular flexibility index (Phi) is 3.96. The van der Waals surface area contributed by atoms with E-state index in [1.165, 1.54) is 0 Å². The molecule has 0 amide bonds. The van der Waals surface area contributed by atoms with Gasteiger partial charge in [0, 0.05) is 36.2 Å². The van der Waals surface area contributed by atoms with Gasteiger partial charge in [0.2, 0.25) is 0 Å². The van der Waals surface area contributed by atoms with Gasteiger partial charge in [-0.15, -0.1) is 0 Å². The van der Waals surface area contributed by atoms with Crippen molar-refractivity contribution in [1.29, 1.82) is 0 Å². The summed E-state index contributed by atoms with van der Waals surface area (Å²) in [6.07, 6.45) is 4.47. The number of Topliss-reactive ketones (excluding diaryl/α,β-unsaturated/α-hetero) is 1. The third kappa shape index (κ3) is 2.06. The maximum absolute atomic E-state index is 12.8. The summed E-state index contributed by atoms with van der Waals surface area (Å²) in [6.45, 7) is 10.4. The molecular weight excluding hydrogens is 344 g/mol. The van der Waals surface area contributed by atoms with Crippen molar-refractivity contribution in [1.82, 2.24) is 0 Å². The lowest BCUT2D eigenvalue weighted by molar-refractivity contribution is -0.181. The number of aliphatic hydroxyl groups excluding tert-OH is 1. The highest BCUT2D eigenvalue weighted by Gasteiger charge is 2.81. The van der Waals surface area contributed by atoms with Crippen LogP contribution in [0.1, 0.15) is 47.5 Å². The van der Waals surface area contributed by atoms with Crippen molar-refractivity contribution in [2.45, 2.75) is 64.3 Å². The smallest absolute Gasteiger partial charge is 0.190 e. The number of hydrogen-bond acceptors (Lipinski definition) is 5. The first-order valence-electron chi connectivity index (χ1n) is 10.1. The molecule has 0 heterocycles. The lowest BCUT2D eigenvalue weighted by Crippen LogP contribution is -2.61. The SMILES string of the molecule is CCO[C@@]12C[C@@H](C)[C@@]3(O)[C@@H](C=C(CO)C[C@]4(O)C(=O)C(C)=C[C@@H]34)[C@@H]1C2(C)C. The molecule has 27 heavy (non-hydrogen) atoms. The molecule has 4 rings (SSSR count). The van der Waals surface area contributed by atoms with E-state index < -0.39 is 17.1 Å². The number of hydrogen-bond donors (Lipinski definition) is 3. The highest BCUT2D eigenvalue weighted by atomic mass is 16.5. The van der Waals surface area contributed by atoms with E-state index in [0.717, 1.165) is 0 Å². The van der Waals surface area contributed by atoms with E-state index in [2.05, 4.69) is 13.8 Å². The second-order valence-electron chi connectivity index (χ2n) is 9.78. The van der Waals surface area contributed by atoms with E-state index in [1.54, 1.807) is 13.0 Å². The van der Waals surface area contributed by atoms with Crippen LogP contribution in [0, 0.1) is 29.1 Å². The Morgan fingerprint density at radius 3 is 2.52 bits per heavy atom. The molecule has 3 N–H and O–H groups in total. The summed E-state index contributed by atoms with van der Waals surface area (Å²) in [5.74, 6) is -1.36. The number of ether oxygens (including phenoxy) is 1. The first-order valence-corrected chi connectivity index (χ1v) is 10.1. The van der Waals surface area contributed by atoms with Crippen LogP contribution in [0.5, 0.6) is 0 Å². The van der Waals surface area contributed by atoms with Gasteiger partial charge in [-0.1, -0.05) is 32.9 Å². The van der Waals surface area contributed by atoms with Gasteiger partial charge in [0.15, 0.2) is 5.78 Å². The highest BCUT2D eigenvalue weighted by molar-refractivity contribution is 6.04. The fourth-order valence-corrected chi connectivity index (χ4v) is 6.95. The highest BCUT2D eigenvalue weighted by Crippen LogP contribution is 2.76. The summed E-state index contributed by atoms with van der Waals surface area (Å²) >= 11 is 0. The Morgan fingerprint density at radius 2 is 1.93 bits per heavy atom. The summed E-state index contributed by atoms with van der Waals surface area (Å²) in [4.78, 5) is 12.8. The largest absolute Gasteiger partial charge is 0.392 e. The van der Waals surface area contributed by atoms with Crippen molar-refractivity contribution < 1.29 is 24.9 Å². The molecule has 7 atom stereocenters. The number of rotatable bonds is 3. The van der Waals surface area contributed by atoms with Gasteiger partial charge in [-0.25, -0.2) is 0 Å². The molecule has 5 nitrogen and oxygen atoms in total. The van der Waals surface area contributed by atoms with E-state index in [9.17, 15) is 20.1 Å². The standard InChI is InChI=1S/C22H32O5/c1-6-27-21-9-13(3)22(26)15(17(21)19(21,4)5)8-14(11-23)10-20(25)16(22)7-12(2)18(20)24/h7-8,13,15-17,23,25-26H,6,9-11H2,1-5H3/t13-,15+,16-,17-,20-,21+,22-/m1/s1. The first-order chi connectivity index (χ1) is 12.5. The fourth-order valence-electron chi connectivity index (χ4n) is 6.95. The summed E-state index contributed by atoms with van der Waals surface area (Å²) in [6, 6.07) is 0. The minimum atomic E-state index is -1.68. The topological polar surface area (TPSA) is 87.0 Å². The van der Waals surface area contributed by atoms with E-state index >= 15 is 0 Å². The monoisotopic (exact) mass is 376 g/mol. The molecule has 0 aromatic heterocycles. The molecule has 0 aromatic rings. The quantitative estimate of drug-likeness (QED) is 0.656. The molecule has 5 heteroatoms. The summed E-state index contributed by atoms with van der Waals surface area (Å²) in [7, 11) is 0. The van der Waals surface area contributed by atoms with Crippen LogP contribution >= 0.6 is 0 Å². The molecule has 2 fully saturated rings. The first kappa shape index (κ1) is 19.3. The summed E-state index contributed by atoms with van der Waals surface area (Å²) in [5, 5.41) is 33.4. The van der Waals surface area contributed by atoms with Crippen molar-refractivity contribution >= 4 is 5.78 Å². The minimum Gasteiger partial charge on any atom is -0.392 e. The lowest BCUT2D eigenvalue weighted by atomic mass is 9.60. The fraction of sp³-hybridized carbons (Fsp3) is 0.773. The van der Waals surface area contributed by atoms with Crippen molar-refractivity contribution in [2.24, 2.45) is 29.1 Å². The maximum atomic E-state index is 12.8. The van der Waals surface area contributed by atoms with Crippen LogP contribution in [-0.4, -0.2) is 51.1 Å². The number of fused-ring (bicyclic) bond motifs is 5. The third-order valence-electron chi connectivity index (χ3n) is 8.28. The van der Waals surface area contributed by atoms with Gasteiger partial charge in [0.1, 0.15) is 5.60 Å². The molecular formula is C22H32O5. The number of carbonyl (C=O) groups is 1. The molecule has 0 unspecified atom stereocenters. The lowest BCUT2D eigenvalue weighted by Gasteiger charge is -2.50. The molecule has 0 bridgehead atoms. The molecule has 0 aliphatic heterocycles. The van der Waals surface area contributed by atoms with E-state index in [1.807, 2.05) is 19.9 Å². The number of ketones is 1. The Balaban J connectivity index is 1.90. The van der Waals surface area contributed by atoms with Crippen LogP contribution in [0.2, 0.25) is 0 Å². The molecule has 4 aliphatic carbocycles. The van der Waals surface area contributed by atoms with Crippen LogP contribution in [0.4, 0.5) is 0 Å². The van der Waals surface area contributed by atoms with Crippen LogP contribution in [-0.2, 0) is 9.53 Å². The summed E-state index contributed by atoms with van der Waals surface area (Å²) < 4.78 is 6.26. The van der Waals surface area contributed by atoms with Crippen LogP contribution in [0.3, 0.4) is 0 Å². The molecule has 150 valence electrons. The second kappa shape index (κ2) is 5.53. The van der Waals surface area contributed by atoms with Gasteiger partial charge in [0.25, 0.3) is 0 Å². The maximum Gasteiger partial charge on any atom is 0.190 e. The van der Waals surface area contributed by atoms with Gasteiger partial charge in [-0.3, -0.25) is 4.79 Å². The predicted molar refractivity (Wildman–Crippen MR) is 101 cm³/mol. The molecule has 2 saturated carbocycles. The van der Waals surface area contributed by atoms with Gasteiger partial charge in [-0.05, 0) is 37.3 Å². The number of carbonyl (C=O) groups excluding carboxylic acids is 1. The average molecular weight is 376 g/mol. The zero-order valence-corrected chi connectivity index (χ0v) is 17.0. The van der Waals surface area contributed by atoms with E-state index in [0.29, 0.717) is 24.2 Å². The number of aliphatic hydroxyl groups is 3. The van der Waals surface area contributed by atoms with Crippen LogP contribution in [0.15, 0.2) is 23.3 Å². The minimum absolute atomic E-state index is 0.0706. The second-order valence-corrected chi connectivity index (χ2v) is 9.78. The molecule has 0 spiro atoms. The Bertz CT molecular complexity index is 752. The van der Waals surface area contributed by atoms with E-state index in [4.69, 9.17) is 4.74 Å². The summed E-state index contributed by atoms with van der Waals surface area (Å²) in [5.41, 5.74) is -2.23. The molecule has 0 aromatic carbocycles. The van der Waals surface area contributed by atoms with Gasteiger partial charge < -0.3 is 20.1 Å². The zero-order valence-electron chi connectivity index (χ0n) is 17.0. The average Bonchev–Trinajstić information content (AvgIpc) is 3.00. The van der Waals surface area contributed by atoms with E-state index in [-0.39, 0.29) is 47.6 Å². The normalized spacial score (nSPS) is 50.1.